The molecule has 0 aromatic heterocycles. The second-order valence-electron chi connectivity index (χ2n) is 15.0. The normalized spacial score (nSPS) is 20.2. The van der Waals surface area contributed by atoms with Crippen LogP contribution < -0.4 is 10.6 Å². The highest BCUT2D eigenvalue weighted by atomic mass is 16.7. The van der Waals surface area contributed by atoms with E-state index in [1.165, 1.54) is 64.2 Å². The molecule has 0 aromatic rings. The second-order valence-corrected chi connectivity index (χ2v) is 15.0. The molecule has 0 bridgehead atoms. The third-order valence-corrected chi connectivity index (χ3v) is 8.82. The molecule has 8 heteroatoms. The van der Waals surface area contributed by atoms with Crippen molar-refractivity contribution >= 4 is 17.8 Å². The molecule has 1 heterocycles. The van der Waals surface area contributed by atoms with Gasteiger partial charge in [0, 0.05) is 17.4 Å². The van der Waals surface area contributed by atoms with Gasteiger partial charge in [-0.25, -0.2) is 0 Å². The number of amides is 2. The van der Waals surface area contributed by atoms with Crippen LogP contribution in [-0.2, 0) is 23.9 Å². The van der Waals surface area contributed by atoms with Crippen molar-refractivity contribution in [2.45, 2.75) is 183 Å². The van der Waals surface area contributed by atoms with Crippen molar-refractivity contribution in [3.8, 4) is 0 Å². The lowest BCUT2D eigenvalue weighted by Crippen LogP contribution is -2.61. The van der Waals surface area contributed by atoms with Crippen LogP contribution in [0.15, 0.2) is 0 Å². The highest BCUT2D eigenvalue weighted by molar-refractivity contribution is 5.83. The van der Waals surface area contributed by atoms with Gasteiger partial charge < -0.3 is 25.2 Å². The standard InChI is InChI=1S/C35H66N2O6/c1-10-12-13-14-15-16-17-18-19-20-21-22-23-26(33(3,4)5)31(40)36-27(11-2)28(24-29(38)39)37-32(41)30-34(6,7)25-42-35(8,9)43-30/h26-28,30H,10-25H2,1-9H3,(H,36,40)(H,37,41)(H,38,39). The molecule has 0 aromatic carbocycles. The zero-order valence-corrected chi connectivity index (χ0v) is 29.1. The smallest absolute Gasteiger partial charge is 0.305 e. The number of hydrogen-bond donors (Lipinski definition) is 3. The minimum Gasteiger partial charge on any atom is -0.481 e. The highest BCUT2D eigenvalue weighted by Crippen LogP contribution is 2.35. The lowest BCUT2D eigenvalue weighted by Gasteiger charge is -2.45. The molecule has 8 nitrogen and oxygen atoms in total. The number of carbonyl (C=O) groups excluding carboxylic acids is 2. The first-order chi connectivity index (χ1) is 20.0. The maximum atomic E-state index is 13.6. The predicted octanol–water partition coefficient (Wildman–Crippen LogP) is 7.77. The van der Waals surface area contributed by atoms with Crippen molar-refractivity contribution in [3.63, 3.8) is 0 Å². The number of unbranched alkanes of at least 4 members (excludes halogenated alkanes) is 11. The Balaban J connectivity index is 2.71. The lowest BCUT2D eigenvalue weighted by atomic mass is 9.77. The Kier molecular flexibility index (Phi) is 17.4. The van der Waals surface area contributed by atoms with E-state index in [9.17, 15) is 19.5 Å². The summed E-state index contributed by atoms with van der Waals surface area (Å²) in [5, 5.41) is 15.7. The van der Waals surface area contributed by atoms with Gasteiger partial charge in [0.25, 0.3) is 0 Å². The molecule has 4 unspecified atom stereocenters. The predicted molar refractivity (Wildman–Crippen MR) is 174 cm³/mol. The van der Waals surface area contributed by atoms with Crippen LogP contribution in [-0.4, -0.2) is 53.5 Å². The summed E-state index contributed by atoms with van der Waals surface area (Å²) in [4.78, 5) is 38.9. The van der Waals surface area contributed by atoms with Crippen LogP contribution in [0.4, 0.5) is 0 Å². The summed E-state index contributed by atoms with van der Waals surface area (Å²) in [7, 11) is 0. The van der Waals surface area contributed by atoms with E-state index in [1.54, 1.807) is 13.8 Å². The first-order valence-corrected chi connectivity index (χ1v) is 17.2. The van der Waals surface area contributed by atoms with Crippen molar-refractivity contribution < 1.29 is 29.0 Å². The maximum absolute atomic E-state index is 13.6. The zero-order valence-electron chi connectivity index (χ0n) is 29.1. The van der Waals surface area contributed by atoms with E-state index in [0.717, 1.165) is 19.3 Å². The van der Waals surface area contributed by atoms with E-state index in [2.05, 4.69) is 38.3 Å². The Morgan fingerprint density at radius 3 is 1.79 bits per heavy atom. The van der Waals surface area contributed by atoms with Gasteiger partial charge in [-0.15, -0.1) is 0 Å². The van der Waals surface area contributed by atoms with Gasteiger partial charge in [-0.05, 0) is 32.1 Å². The molecule has 0 spiro atoms. The van der Waals surface area contributed by atoms with Crippen LogP contribution in [0, 0.1) is 16.7 Å². The molecular weight excluding hydrogens is 544 g/mol. The van der Waals surface area contributed by atoms with Gasteiger partial charge in [0.05, 0.1) is 19.1 Å². The molecule has 0 radical (unpaired) electrons. The SMILES string of the molecule is CCCCCCCCCCCCCCC(C(=O)NC(CC)C(CC(=O)O)NC(=O)C1OC(C)(C)OCC1(C)C)C(C)(C)C. The van der Waals surface area contributed by atoms with Crippen LogP contribution in [0.5, 0.6) is 0 Å². The van der Waals surface area contributed by atoms with Crippen molar-refractivity contribution in [2.75, 3.05) is 6.61 Å². The fourth-order valence-corrected chi connectivity index (χ4v) is 5.98. The Bertz CT molecular complexity index is 835. The first kappa shape index (κ1) is 39.4. The van der Waals surface area contributed by atoms with Gasteiger partial charge in [-0.2, -0.15) is 0 Å². The summed E-state index contributed by atoms with van der Waals surface area (Å²) in [5.74, 6) is -2.62. The molecule has 1 rings (SSSR count). The van der Waals surface area contributed by atoms with E-state index in [-0.39, 0.29) is 29.6 Å². The third kappa shape index (κ3) is 15.3. The summed E-state index contributed by atoms with van der Waals surface area (Å²) in [6.07, 6.45) is 15.4. The molecule has 0 aliphatic carbocycles. The summed E-state index contributed by atoms with van der Waals surface area (Å²) in [5.41, 5.74) is -0.832. The lowest BCUT2D eigenvalue weighted by molar-refractivity contribution is -0.304. The van der Waals surface area contributed by atoms with Gasteiger partial charge in [-0.3, -0.25) is 14.4 Å². The summed E-state index contributed by atoms with van der Waals surface area (Å²) in [6.45, 7) is 18.0. The number of carboxylic acid groups (broad SMARTS) is 1. The number of carbonyl (C=O) groups is 3. The Morgan fingerprint density at radius 2 is 1.33 bits per heavy atom. The van der Waals surface area contributed by atoms with Crippen molar-refractivity contribution in [1.29, 1.82) is 0 Å². The molecule has 3 N–H and O–H groups in total. The molecule has 1 aliphatic rings. The molecule has 43 heavy (non-hydrogen) atoms. The van der Waals surface area contributed by atoms with Gasteiger partial charge in [-0.1, -0.05) is 126 Å². The Morgan fingerprint density at radius 1 is 0.814 bits per heavy atom. The number of aliphatic carboxylic acids is 1. The molecule has 4 atom stereocenters. The van der Waals surface area contributed by atoms with Crippen molar-refractivity contribution in [2.24, 2.45) is 16.7 Å². The van der Waals surface area contributed by atoms with Crippen molar-refractivity contribution in [3.05, 3.63) is 0 Å². The van der Waals surface area contributed by atoms with Gasteiger partial charge in [0.15, 0.2) is 5.79 Å². The van der Waals surface area contributed by atoms with E-state index >= 15 is 0 Å². The molecule has 2 amide bonds. The van der Waals surface area contributed by atoms with Gasteiger partial charge in [0.1, 0.15) is 6.10 Å². The van der Waals surface area contributed by atoms with E-state index in [1.807, 2.05) is 20.8 Å². The fourth-order valence-electron chi connectivity index (χ4n) is 5.98. The molecule has 0 saturated carbocycles. The van der Waals surface area contributed by atoms with E-state index in [0.29, 0.717) is 13.0 Å². The first-order valence-electron chi connectivity index (χ1n) is 17.2. The summed E-state index contributed by atoms with van der Waals surface area (Å²) >= 11 is 0. The van der Waals surface area contributed by atoms with Gasteiger partial charge >= 0.3 is 5.97 Å². The number of hydrogen-bond acceptors (Lipinski definition) is 5. The van der Waals surface area contributed by atoms with Crippen LogP contribution in [0.2, 0.25) is 0 Å². The van der Waals surface area contributed by atoms with Crippen LogP contribution in [0.3, 0.4) is 0 Å². The largest absolute Gasteiger partial charge is 0.481 e. The minimum absolute atomic E-state index is 0.0733. The Hall–Kier alpha value is -1.67. The van der Waals surface area contributed by atoms with Gasteiger partial charge in [0.2, 0.25) is 11.8 Å². The highest BCUT2D eigenvalue weighted by Gasteiger charge is 2.46. The molecule has 252 valence electrons. The average molecular weight is 611 g/mol. The van der Waals surface area contributed by atoms with E-state index < -0.39 is 35.4 Å². The number of nitrogens with one attached hydrogen (secondary N) is 2. The van der Waals surface area contributed by atoms with Crippen molar-refractivity contribution in [1.82, 2.24) is 10.6 Å². The van der Waals surface area contributed by atoms with Crippen LogP contribution in [0.1, 0.15) is 159 Å². The maximum Gasteiger partial charge on any atom is 0.305 e. The topological polar surface area (TPSA) is 114 Å². The monoisotopic (exact) mass is 610 g/mol. The third-order valence-electron chi connectivity index (χ3n) is 8.82. The summed E-state index contributed by atoms with van der Waals surface area (Å²) in [6, 6.07) is -1.29. The van der Waals surface area contributed by atoms with Crippen LogP contribution in [0.25, 0.3) is 0 Å². The van der Waals surface area contributed by atoms with Crippen LogP contribution >= 0.6 is 0 Å². The minimum atomic E-state index is -1.03. The molecule has 1 fully saturated rings. The summed E-state index contributed by atoms with van der Waals surface area (Å²) < 4.78 is 11.7. The molecule has 1 aliphatic heterocycles. The Labute approximate surface area is 263 Å². The number of ether oxygens (including phenoxy) is 2. The quantitative estimate of drug-likeness (QED) is 0.114. The van der Waals surface area contributed by atoms with E-state index in [4.69, 9.17) is 9.47 Å². The number of rotatable bonds is 21. The fraction of sp³-hybridized carbons (Fsp3) is 0.914. The molecule has 1 saturated heterocycles. The second kappa shape index (κ2) is 19.0. The number of carboxylic acids is 1. The average Bonchev–Trinajstić information content (AvgIpc) is 2.90. The zero-order chi connectivity index (χ0) is 32.7. The molecular formula is C35H66N2O6.